The number of aromatic nitrogens is 3. The first-order chi connectivity index (χ1) is 50.3. The molecule has 0 unspecified atom stereocenters. The maximum atomic E-state index is 11.9. The van der Waals surface area contributed by atoms with Crippen molar-refractivity contribution >= 4 is 79.7 Å². The molecule has 2 spiro atoms. The topological polar surface area (TPSA) is 96.5 Å². The van der Waals surface area contributed by atoms with Crippen LogP contribution in [0.3, 0.4) is 0 Å². The molecule has 0 aliphatic heterocycles. The van der Waals surface area contributed by atoms with E-state index in [9.17, 15) is 10.1 Å². The molecule has 4 aliphatic carbocycles. The van der Waals surface area contributed by atoms with Gasteiger partial charge in [0.05, 0.1) is 68.7 Å². The van der Waals surface area contributed by atoms with Gasteiger partial charge in [-0.2, -0.15) is 0 Å². The largest absolute Gasteiger partial charge is 0.354 e. The van der Waals surface area contributed by atoms with Crippen LogP contribution in [0.2, 0.25) is 0 Å². The third-order valence-electron chi connectivity index (χ3n) is 21.6. The number of nitrogens with one attached hydrogen (secondary N) is 1. The van der Waals surface area contributed by atoms with E-state index in [0.717, 1.165) is 33.1 Å². The zero-order chi connectivity index (χ0) is 68.4. The van der Waals surface area contributed by atoms with E-state index in [0.29, 0.717) is 25.4 Å². The van der Waals surface area contributed by atoms with Crippen molar-refractivity contribution in [3.63, 3.8) is 0 Å². The average Bonchev–Trinajstić information content (AvgIpc) is 1.52. The minimum atomic E-state index is -1.06. The van der Waals surface area contributed by atoms with Crippen LogP contribution in [0.15, 0.2) is 309 Å². The summed E-state index contributed by atoms with van der Waals surface area (Å²) < 4.78 is 20.2. The van der Waals surface area contributed by atoms with Gasteiger partial charge in [0.1, 0.15) is 0 Å². The molecule has 10 heteroatoms. The Morgan fingerprint density at radius 3 is 1.19 bits per heavy atom. The smallest absolute Gasteiger partial charge is 0.332 e. The summed E-state index contributed by atoms with van der Waals surface area (Å²) in [5.41, 5.74) is 31.1. The van der Waals surface area contributed by atoms with Crippen LogP contribution in [-0.2, 0) is 24.4 Å². The monoisotopic (exact) mass is 1350 g/mol. The van der Waals surface area contributed by atoms with Crippen molar-refractivity contribution in [2.75, 3.05) is 19.8 Å². The fourth-order valence-electron chi connectivity index (χ4n) is 17.8. The number of benzene rings is 14. The third kappa shape index (κ3) is 9.26. The van der Waals surface area contributed by atoms with E-state index < -0.39 is 14.0 Å². The molecule has 0 fully saturated rings. The van der Waals surface area contributed by atoms with Crippen LogP contribution < -0.4 is 0 Å². The fourth-order valence-corrected chi connectivity index (χ4v) is 18.7. The number of fused-ring (bicyclic) bond motifs is 30. The molecule has 14 aromatic carbocycles. The van der Waals surface area contributed by atoms with Gasteiger partial charge in [-0.15, -0.1) is 0 Å². The van der Waals surface area contributed by atoms with Crippen LogP contribution in [0.5, 0.6) is 0 Å². The number of para-hydroxylation sites is 4. The van der Waals surface area contributed by atoms with E-state index in [1.165, 1.54) is 138 Å². The zero-order valence-corrected chi connectivity index (χ0v) is 57.3. The van der Waals surface area contributed by atoms with Gasteiger partial charge in [0.15, 0.2) is 0 Å². The van der Waals surface area contributed by atoms with Gasteiger partial charge in [0.2, 0.25) is 0 Å². The average molecular weight is 1360 g/mol. The second kappa shape index (κ2) is 25.1. The highest BCUT2D eigenvalue weighted by Crippen LogP contribution is 2.65. The molecule has 0 bridgehead atoms. The van der Waals surface area contributed by atoms with Crippen LogP contribution in [0.25, 0.3) is 132 Å². The second-order valence-corrected chi connectivity index (χ2v) is 27.7. The Balaban J connectivity index is 0.000000129. The Kier molecular flexibility index (Phi) is 15.4. The molecule has 17 aromatic rings. The summed E-state index contributed by atoms with van der Waals surface area (Å²) in [5.74, 6) is 0. The summed E-state index contributed by atoms with van der Waals surface area (Å²) >= 11 is 0. The standard InChI is InChI=1S/C43H26N2O2.C43H26N2.C6H15O3P.CH4/c46-45(47)42-20-10-4-11-29(42)27-21-24-41-35(25-27)34-15-5-9-19-40(34)44(41)28-22-23-33-32-14-3-8-18-38(32)43(39(33)26-28)36-16-6-1-12-30(36)31-13-2-7-17-37(31)43;1-6-16-34-27(11-1)28-12-2-7-17-35(28)43(34)36-18-8-3-13-29(36)30-22-21-26(25-37(30)43)45-39-20-10-5-15-33(39)41-40(45)24-23-32-31-14-4-9-19-38(31)44-42(32)41;1-4-7-10(8-5-2)9-6-3;/h1-26H;1-25,44H;4-6H2,1-3H3;1H4. The predicted molar refractivity (Wildman–Crippen MR) is 424 cm³/mol. The van der Waals surface area contributed by atoms with Gasteiger partial charge < -0.3 is 27.7 Å². The summed E-state index contributed by atoms with van der Waals surface area (Å²) in [7, 11) is -1.06. The first kappa shape index (κ1) is 63.4. The summed E-state index contributed by atoms with van der Waals surface area (Å²) in [6.45, 7) is 7.71. The number of nitrogens with zero attached hydrogens (tertiary/aromatic N) is 3. The van der Waals surface area contributed by atoms with Gasteiger partial charge in [0.25, 0.3) is 5.69 Å². The quantitative estimate of drug-likeness (QED) is 0.0836. The van der Waals surface area contributed by atoms with Crippen molar-refractivity contribution < 1.29 is 18.5 Å². The highest BCUT2D eigenvalue weighted by atomic mass is 31.2. The first-order valence-corrected chi connectivity index (χ1v) is 36.2. The maximum Gasteiger partial charge on any atom is 0.332 e. The van der Waals surface area contributed by atoms with E-state index in [1.54, 1.807) is 12.1 Å². The molecule has 21 rings (SSSR count). The number of nitro groups is 1. The van der Waals surface area contributed by atoms with Crippen molar-refractivity contribution in [3.8, 4) is 67.0 Å². The number of hydrogen-bond donors (Lipinski definition) is 1. The van der Waals surface area contributed by atoms with Crippen molar-refractivity contribution in [1.29, 1.82) is 0 Å². The molecule has 0 radical (unpaired) electrons. The molecule has 0 atom stereocenters. The molecule has 498 valence electrons. The van der Waals surface area contributed by atoms with Crippen molar-refractivity contribution in [2.24, 2.45) is 0 Å². The number of rotatable bonds is 10. The van der Waals surface area contributed by atoms with Crippen LogP contribution in [-0.4, -0.2) is 38.9 Å². The Hall–Kier alpha value is -11.8. The van der Waals surface area contributed by atoms with Crippen molar-refractivity contribution in [2.45, 2.75) is 39.0 Å². The number of nitro benzene ring substituents is 1. The summed E-state index contributed by atoms with van der Waals surface area (Å²) in [5, 5.41) is 19.1. The molecule has 3 aromatic heterocycles. The van der Waals surface area contributed by atoms with E-state index in [1.807, 2.05) is 39.0 Å². The minimum absolute atomic E-state index is 0. The van der Waals surface area contributed by atoms with Crippen LogP contribution in [0.1, 0.15) is 72.7 Å². The van der Waals surface area contributed by atoms with Gasteiger partial charge in [0, 0.05) is 55.3 Å². The van der Waals surface area contributed by atoms with Gasteiger partial charge in [-0.05, 0) is 182 Å². The highest BCUT2D eigenvalue weighted by molar-refractivity contribution is 7.41. The van der Waals surface area contributed by atoms with Gasteiger partial charge in [-0.3, -0.25) is 10.1 Å². The maximum absolute atomic E-state index is 11.9. The lowest BCUT2D eigenvalue weighted by Crippen LogP contribution is -2.26. The van der Waals surface area contributed by atoms with Crippen LogP contribution >= 0.6 is 8.60 Å². The lowest BCUT2D eigenvalue weighted by atomic mass is 9.70. The second-order valence-electron chi connectivity index (χ2n) is 26.5. The van der Waals surface area contributed by atoms with Crippen molar-refractivity contribution in [1.82, 2.24) is 14.1 Å². The Bertz CT molecular complexity index is 6150. The molecule has 0 saturated heterocycles. The van der Waals surface area contributed by atoms with Gasteiger partial charge in [-0.25, -0.2) is 0 Å². The van der Waals surface area contributed by atoms with Crippen LogP contribution in [0.4, 0.5) is 5.69 Å². The van der Waals surface area contributed by atoms with Crippen molar-refractivity contribution in [3.05, 3.63) is 364 Å². The SMILES string of the molecule is C.CCOP(OCC)OCC.O=[N+]([O-])c1ccccc1-c1ccc2c(c1)c1ccccc1n2-c1ccc2c(c1)C1(c3ccccc3-c3ccccc31)c1ccccc1-2.c1ccc2c(c1)-c1ccccc1C21c2ccccc2-c2ccc(-n3c4ccccc4c4c5[nH]c6ccccc6c5ccc43)cc21. The van der Waals surface area contributed by atoms with E-state index >= 15 is 0 Å². The Morgan fingerprint density at radius 2 is 0.718 bits per heavy atom. The van der Waals surface area contributed by atoms with E-state index in [2.05, 4.69) is 293 Å². The summed E-state index contributed by atoms with van der Waals surface area (Å²) in [6, 6.07) is 112. The lowest BCUT2D eigenvalue weighted by molar-refractivity contribution is -0.384. The fraction of sp³-hybridized carbons (Fsp3) is 0.0968. The first-order valence-electron chi connectivity index (χ1n) is 35.1. The molecule has 0 amide bonds. The Labute approximate surface area is 598 Å². The summed E-state index contributed by atoms with van der Waals surface area (Å²) in [4.78, 5) is 15.4. The molecule has 3 heterocycles. The molecular weight excluding hydrogens is 1280 g/mol. The lowest BCUT2D eigenvalue weighted by Gasteiger charge is -2.30. The summed E-state index contributed by atoms with van der Waals surface area (Å²) in [6.07, 6.45) is 0. The molecule has 9 nitrogen and oxygen atoms in total. The number of aromatic amines is 1. The number of hydrogen-bond acceptors (Lipinski definition) is 5. The zero-order valence-electron chi connectivity index (χ0n) is 56.4. The third-order valence-corrected chi connectivity index (χ3v) is 23.0. The molecule has 103 heavy (non-hydrogen) atoms. The molecule has 0 saturated carbocycles. The number of H-pyrrole nitrogens is 1. The van der Waals surface area contributed by atoms with E-state index in [4.69, 9.17) is 13.6 Å². The Morgan fingerprint density at radius 1 is 0.350 bits per heavy atom. The molecular formula is C93H71N4O5P. The molecule has 1 N–H and O–H groups in total. The van der Waals surface area contributed by atoms with Gasteiger partial charge in [-0.1, -0.05) is 244 Å². The van der Waals surface area contributed by atoms with Crippen LogP contribution in [0, 0.1) is 10.1 Å². The van der Waals surface area contributed by atoms with E-state index in [-0.39, 0.29) is 23.5 Å². The predicted octanol–water partition coefficient (Wildman–Crippen LogP) is 24.4. The highest BCUT2D eigenvalue weighted by Gasteiger charge is 2.53. The normalized spacial score (nSPS) is 13.3. The molecule has 4 aliphatic rings. The minimum Gasteiger partial charge on any atom is -0.354 e. The van der Waals surface area contributed by atoms with Gasteiger partial charge >= 0.3 is 8.60 Å².